The Morgan fingerprint density at radius 1 is 1.13 bits per heavy atom. The minimum atomic E-state index is 0.240. The summed E-state index contributed by atoms with van der Waals surface area (Å²) in [6, 6.07) is 10.3. The molecule has 1 atom stereocenters. The SMILES string of the molecule is Cc1ccc(C)c(OCc2nnc(SCC3CSc4nnc(-c5ccncc5)n43)o2)c1. The maximum atomic E-state index is 5.86. The van der Waals surface area contributed by atoms with Crippen molar-refractivity contribution in [2.45, 2.75) is 36.9 Å². The highest BCUT2D eigenvalue weighted by molar-refractivity contribution is 8.00. The van der Waals surface area contributed by atoms with Crippen molar-refractivity contribution in [1.29, 1.82) is 0 Å². The maximum absolute atomic E-state index is 5.86. The second-order valence-electron chi connectivity index (χ2n) is 7.21. The fourth-order valence-corrected chi connectivity index (χ4v) is 5.38. The zero-order valence-electron chi connectivity index (χ0n) is 17.1. The lowest BCUT2D eigenvalue weighted by atomic mass is 10.1. The Kier molecular flexibility index (Phi) is 5.65. The highest BCUT2D eigenvalue weighted by atomic mass is 32.2. The van der Waals surface area contributed by atoms with Crippen molar-refractivity contribution >= 4 is 23.5 Å². The number of thioether (sulfide) groups is 2. The van der Waals surface area contributed by atoms with Crippen LogP contribution in [0.1, 0.15) is 23.1 Å². The first kappa shape index (κ1) is 20.1. The molecule has 1 aromatic carbocycles. The topological polar surface area (TPSA) is 91.8 Å². The zero-order valence-corrected chi connectivity index (χ0v) is 18.7. The molecule has 8 nitrogen and oxygen atoms in total. The molecule has 31 heavy (non-hydrogen) atoms. The molecule has 0 amide bonds. The number of benzene rings is 1. The van der Waals surface area contributed by atoms with Gasteiger partial charge >= 0.3 is 0 Å². The van der Waals surface area contributed by atoms with Gasteiger partial charge in [0, 0.05) is 29.5 Å². The zero-order chi connectivity index (χ0) is 21.2. The van der Waals surface area contributed by atoms with E-state index in [1.807, 2.05) is 38.1 Å². The molecule has 0 spiro atoms. The number of hydrogen-bond donors (Lipinski definition) is 0. The highest BCUT2D eigenvalue weighted by Crippen LogP contribution is 2.38. The second kappa shape index (κ2) is 8.72. The number of pyridine rings is 1. The second-order valence-corrected chi connectivity index (χ2v) is 9.17. The standard InChI is InChI=1S/C21H20N6O2S2/c1-13-3-4-14(2)17(9-13)28-10-18-23-26-21(29-18)31-12-16-11-30-20-25-24-19(27(16)20)15-5-7-22-8-6-15/h3-9,16H,10-12H2,1-2H3. The monoisotopic (exact) mass is 452 g/mol. The Labute approximate surface area is 187 Å². The average molecular weight is 453 g/mol. The van der Waals surface area contributed by atoms with Gasteiger partial charge in [0.1, 0.15) is 5.75 Å². The summed E-state index contributed by atoms with van der Waals surface area (Å²) in [5, 5.41) is 18.5. The molecular formula is C21H20N6O2S2. The predicted molar refractivity (Wildman–Crippen MR) is 118 cm³/mol. The summed E-state index contributed by atoms with van der Waals surface area (Å²) < 4.78 is 13.8. The van der Waals surface area contributed by atoms with Gasteiger partial charge in [0.15, 0.2) is 17.6 Å². The van der Waals surface area contributed by atoms with Crippen LogP contribution in [0.4, 0.5) is 0 Å². The van der Waals surface area contributed by atoms with Gasteiger partial charge in [-0.2, -0.15) is 0 Å². The molecule has 1 aliphatic heterocycles. The number of aromatic nitrogens is 6. The molecule has 0 aliphatic carbocycles. The van der Waals surface area contributed by atoms with Gasteiger partial charge in [-0.25, -0.2) is 0 Å². The summed E-state index contributed by atoms with van der Waals surface area (Å²) in [5.74, 6) is 3.88. The van der Waals surface area contributed by atoms with Crippen molar-refractivity contribution in [3.05, 3.63) is 59.7 Å². The summed E-state index contributed by atoms with van der Waals surface area (Å²) in [6.07, 6.45) is 3.53. The van der Waals surface area contributed by atoms with Crippen LogP contribution in [-0.4, -0.2) is 41.5 Å². The third kappa shape index (κ3) is 4.31. The van der Waals surface area contributed by atoms with Crippen molar-refractivity contribution in [3.63, 3.8) is 0 Å². The van der Waals surface area contributed by atoms with E-state index in [0.29, 0.717) is 11.1 Å². The molecule has 10 heteroatoms. The quantitative estimate of drug-likeness (QED) is 0.379. The Morgan fingerprint density at radius 2 is 2.00 bits per heavy atom. The van der Waals surface area contributed by atoms with E-state index in [9.17, 15) is 0 Å². The fourth-order valence-electron chi connectivity index (χ4n) is 3.29. The largest absolute Gasteiger partial charge is 0.484 e. The van der Waals surface area contributed by atoms with Crippen LogP contribution in [0.5, 0.6) is 5.75 Å². The van der Waals surface area contributed by atoms with E-state index in [0.717, 1.165) is 44.9 Å². The fraction of sp³-hybridized carbons (Fsp3) is 0.286. The minimum Gasteiger partial charge on any atom is -0.484 e. The van der Waals surface area contributed by atoms with Gasteiger partial charge in [0.25, 0.3) is 11.1 Å². The van der Waals surface area contributed by atoms with Crippen molar-refractivity contribution in [2.75, 3.05) is 11.5 Å². The number of ether oxygens (including phenoxy) is 1. The van der Waals surface area contributed by atoms with E-state index in [2.05, 4.69) is 36.0 Å². The van der Waals surface area contributed by atoms with Gasteiger partial charge in [-0.1, -0.05) is 35.7 Å². The average Bonchev–Trinajstić information content (AvgIpc) is 3.50. The molecule has 1 unspecified atom stereocenters. The van der Waals surface area contributed by atoms with E-state index in [4.69, 9.17) is 9.15 Å². The van der Waals surface area contributed by atoms with E-state index < -0.39 is 0 Å². The third-order valence-corrected chi connectivity index (χ3v) is 6.97. The first-order valence-corrected chi connectivity index (χ1v) is 11.8. The van der Waals surface area contributed by atoms with Crippen molar-refractivity contribution in [2.24, 2.45) is 0 Å². The van der Waals surface area contributed by atoms with Gasteiger partial charge in [-0.3, -0.25) is 9.55 Å². The first-order valence-electron chi connectivity index (χ1n) is 9.80. The Morgan fingerprint density at radius 3 is 2.87 bits per heavy atom. The molecule has 0 radical (unpaired) electrons. The molecule has 4 aromatic rings. The van der Waals surface area contributed by atoms with Crippen LogP contribution in [-0.2, 0) is 6.61 Å². The lowest BCUT2D eigenvalue weighted by molar-refractivity contribution is 0.250. The molecule has 3 aromatic heterocycles. The molecule has 0 saturated carbocycles. The summed E-state index contributed by atoms with van der Waals surface area (Å²) in [5.41, 5.74) is 3.24. The maximum Gasteiger partial charge on any atom is 0.276 e. The van der Waals surface area contributed by atoms with Crippen LogP contribution in [0, 0.1) is 13.8 Å². The van der Waals surface area contributed by atoms with Crippen LogP contribution in [0.15, 0.2) is 57.5 Å². The van der Waals surface area contributed by atoms with E-state index in [1.165, 1.54) is 11.8 Å². The molecule has 0 bridgehead atoms. The predicted octanol–water partition coefficient (Wildman–Crippen LogP) is 4.36. The number of hydrogen-bond acceptors (Lipinski definition) is 9. The molecule has 0 saturated heterocycles. The first-order chi connectivity index (χ1) is 15.2. The van der Waals surface area contributed by atoms with Crippen LogP contribution >= 0.6 is 23.5 Å². The molecule has 158 valence electrons. The summed E-state index contributed by atoms with van der Waals surface area (Å²) in [6.45, 7) is 4.30. The lowest BCUT2D eigenvalue weighted by Gasteiger charge is -2.12. The van der Waals surface area contributed by atoms with Gasteiger partial charge in [0.2, 0.25) is 0 Å². The molecule has 5 rings (SSSR count). The van der Waals surface area contributed by atoms with Crippen molar-refractivity contribution in [1.82, 2.24) is 29.9 Å². The highest BCUT2D eigenvalue weighted by Gasteiger charge is 2.29. The van der Waals surface area contributed by atoms with Gasteiger partial charge in [-0.15, -0.1) is 20.4 Å². The molecule has 0 fully saturated rings. The van der Waals surface area contributed by atoms with E-state index in [1.54, 1.807) is 24.2 Å². The van der Waals surface area contributed by atoms with Gasteiger partial charge in [-0.05, 0) is 43.2 Å². The Hall–Kier alpha value is -2.85. The third-order valence-electron chi connectivity index (χ3n) is 4.92. The lowest BCUT2D eigenvalue weighted by Crippen LogP contribution is -2.11. The van der Waals surface area contributed by atoms with E-state index >= 15 is 0 Å². The summed E-state index contributed by atoms with van der Waals surface area (Å²) in [4.78, 5) is 4.08. The van der Waals surface area contributed by atoms with Crippen LogP contribution in [0.3, 0.4) is 0 Å². The number of nitrogens with zero attached hydrogens (tertiary/aromatic N) is 6. The van der Waals surface area contributed by atoms with Crippen molar-refractivity contribution in [3.8, 4) is 17.1 Å². The van der Waals surface area contributed by atoms with E-state index in [-0.39, 0.29) is 12.6 Å². The number of fused-ring (bicyclic) bond motifs is 1. The van der Waals surface area contributed by atoms with Crippen LogP contribution in [0.2, 0.25) is 0 Å². The Balaban J connectivity index is 1.22. The number of rotatable bonds is 7. The smallest absolute Gasteiger partial charge is 0.276 e. The molecule has 1 aliphatic rings. The summed E-state index contributed by atoms with van der Waals surface area (Å²) >= 11 is 3.25. The molecule has 4 heterocycles. The van der Waals surface area contributed by atoms with Crippen LogP contribution in [0.25, 0.3) is 11.4 Å². The van der Waals surface area contributed by atoms with Crippen molar-refractivity contribution < 1.29 is 9.15 Å². The van der Waals surface area contributed by atoms with Gasteiger partial charge < -0.3 is 9.15 Å². The Bertz CT molecular complexity index is 1190. The molecular weight excluding hydrogens is 432 g/mol. The minimum absolute atomic E-state index is 0.240. The van der Waals surface area contributed by atoms with Crippen LogP contribution < -0.4 is 4.74 Å². The van der Waals surface area contributed by atoms with Gasteiger partial charge in [0.05, 0.1) is 6.04 Å². The normalized spacial score (nSPS) is 15.2. The number of aryl methyl sites for hydroxylation is 2. The molecule has 0 N–H and O–H groups in total. The summed E-state index contributed by atoms with van der Waals surface area (Å²) in [7, 11) is 0.